The third kappa shape index (κ3) is 5.88. The summed E-state index contributed by atoms with van der Waals surface area (Å²) < 4.78 is 0. The average molecular weight is 261 g/mol. The molecule has 0 heterocycles. The molecule has 0 atom stereocenters. The van der Waals surface area contributed by atoms with Crippen molar-refractivity contribution in [1.82, 2.24) is 0 Å². The van der Waals surface area contributed by atoms with E-state index in [2.05, 4.69) is 50.2 Å². The van der Waals surface area contributed by atoms with Gasteiger partial charge in [0.05, 0.1) is 0 Å². The fourth-order valence-electron chi connectivity index (χ4n) is 1.69. The molecule has 0 fully saturated rings. The summed E-state index contributed by atoms with van der Waals surface area (Å²) >= 11 is 5.72. The molecule has 2 aromatic carbocycles. The van der Waals surface area contributed by atoms with Crippen molar-refractivity contribution in [3.63, 3.8) is 0 Å². The molecule has 96 valence electrons. The minimum atomic E-state index is 0.828. The SMILES string of the molecule is CCCc1ccccc1.CCc1cccc(Cl)c1. The number of halogens is 1. The number of hydrogen-bond acceptors (Lipinski definition) is 0. The van der Waals surface area contributed by atoms with Crippen LogP contribution in [0.3, 0.4) is 0 Å². The lowest BCUT2D eigenvalue weighted by atomic mass is 10.1. The second-order valence-electron chi connectivity index (χ2n) is 4.22. The van der Waals surface area contributed by atoms with Crippen LogP contribution in [0.4, 0.5) is 0 Å². The van der Waals surface area contributed by atoms with E-state index in [0.29, 0.717) is 0 Å². The monoisotopic (exact) mass is 260 g/mol. The molecule has 18 heavy (non-hydrogen) atoms. The Morgan fingerprint density at radius 3 is 2.00 bits per heavy atom. The number of rotatable bonds is 3. The molecule has 1 heteroatoms. The lowest BCUT2D eigenvalue weighted by Gasteiger charge is -1.93. The molecule has 0 saturated heterocycles. The highest BCUT2D eigenvalue weighted by atomic mass is 35.5. The maximum Gasteiger partial charge on any atom is 0.0408 e. The zero-order valence-corrected chi connectivity index (χ0v) is 12.0. The van der Waals surface area contributed by atoms with Gasteiger partial charge in [-0.05, 0) is 36.1 Å². The van der Waals surface area contributed by atoms with Gasteiger partial charge in [0.15, 0.2) is 0 Å². The second-order valence-corrected chi connectivity index (χ2v) is 4.66. The van der Waals surface area contributed by atoms with Crippen molar-refractivity contribution in [2.75, 3.05) is 0 Å². The van der Waals surface area contributed by atoms with Gasteiger partial charge in [-0.3, -0.25) is 0 Å². The molecule has 0 aliphatic heterocycles. The molecule has 2 aromatic rings. The van der Waals surface area contributed by atoms with Crippen molar-refractivity contribution in [3.8, 4) is 0 Å². The van der Waals surface area contributed by atoms with Gasteiger partial charge >= 0.3 is 0 Å². The fraction of sp³-hybridized carbons (Fsp3) is 0.294. The molecule has 0 bridgehead atoms. The highest BCUT2D eigenvalue weighted by Crippen LogP contribution is 2.10. The molecule has 2 rings (SSSR count). The zero-order chi connectivity index (χ0) is 13.2. The van der Waals surface area contributed by atoms with Gasteiger partial charge in [0.2, 0.25) is 0 Å². The van der Waals surface area contributed by atoms with Gasteiger partial charge < -0.3 is 0 Å². The summed E-state index contributed by atoms with van der Waals surface area (Å²) in [4.78, 5) is 0. The summed E-state index contributed by atoms with van der Waals surface area (Å²) in [6.45, 7) is 4.32. The molecule has 0 aliphatic rings. The normalized spacial score (nSPS) is 9.50. The molecule has 0 aromatic heterocycles. The standard InChI is InChI=1S/C9H12.C8H9Cl/c1-2-6-9-7-4-3-5-8-9;1-2-7-4-3-5-8(9)6-7/h3-5,7-8H,2,6H2,1H3;3-6H,2H2,1H3. The molecule has 0 spiro atoms. The summed E-state index contributed by atoms with van der Waals surface area (Å²) in [5, 5.41) is 0.828. The van der Waals surface area contributed by atoms with Crippen LogP contribution >= 0.6 is 11.6 Å². The molecule has 0 nitrogen and oxygen atoms in total. The van der Waals surface area contributed by atoms with E-state index in [-0.39, 0.29) is 0 Å². The Hall–Kier alpha value is -1.27. The van der Waals surface area contributed by atoms with Crippen LogP contribution in [0.25, 0.3) is 0 Å². The van der Waals surface area contributed by atoms with Crippen LogP contribution < -0.4 is 0 Å². The fourth-order valence-corrected chi connectivity index (χ4v) is 1.90. The smallest absolute Gasteiger partial charge is 0.0408 e. The summed E-state index contributed by atoms with van der Waals surface area (Å²) in [5.41, 5.74) is 2.74. The first-order valence-electron chi connectivity index (χ1n) is 6.54. The maximum absolute atomic E-state index is 5.72. The zero-order valence-electron chi connectivity index (χ0n) is 11.2. The van der Waals surface area contributed by atoms with Gasteiger partial charge in [-0.2, -0.15) is 0 Å². The van der Waals surface area contributed by atoms with Crippen molar-refractivity contribution in [2.24, 2.45) is 0 Å². The van der Waals surface area contributed by atoms with E-state index < -0.39 is 0 Å². The third-order valence-electron chi connectivity index (χ3n) is 2.68. The van der Waals surface area contributed by atoms with Crippen molar-refractivity contribution >= 4 is 11.6 Å². The predicted octanol–water partition coefficient (Wildman–Crippen LogP) is 5.54. The first-order chi connectivity index (χ1) is 8.76. The third-order valence-corrected chi connectivity index (χ3v) is 2.91. The van der Waals surface area contributed by atoms with Crippen molar-refractivity contribution in [2.45, 2.75) is 33.1 Å². The largest absolute Gasteiger partial charge is 0.0843 e. The minimum Gasteiger partial charge on any atom is -0.0843 e. The van der Waals surface area contributed by atoms with Crippen molar-refractivity contribution in [3.05, 3.63) is 70.7 Å². The first kappa shape index (κ1) is 14.8. The van der Waals surface area contributed by atoms with Gasteiger partial charge in [-0.15, -0.1) is 0 Å². The molecular formula is C17H21Cl. The Bertz CT molecular complexity index is 434. The predicted molar refractivity (Wildman–Crippen MR) is 81.3 cm³/mol. The maximum atomic E-state index is 5.72. The van der Waals surface area contributed by atoms with Crippen LogP contribution in [0.15, 0.2) is 54.6 Å². The highest BCUT2D eigenvalue weighted by Gasteiger charge is 1.87. The molecular weight excluding hydrogens is 240 g/mol. The van der Waals surface area contributed by atoms with Crippen LogP contribution in [0, 0.1) is 0 Å². The molecule has 0 unspecified atom stereocenters. The lowest BCUT2D eigenvalue weighted by molar-refractivity contribution is 0.922. The van der Waals surface area contributed by atoms with Crippen LogP contribution in [0.2, 0.25) is 5.02 Å². The number of benzene rings is 2. The molecule has 0 radical (unpaired) electrons. The minimum absolute atomic E-state index is 0.828. The van der Waals surface area contributed by atoms with E-state index in [1.165, 1.54) is 24.0 Å². The Kier molecular flexibility index (Phi) is 7.20. The average Bonchev–Trinajstić information content (AvgIpc) is 2.41. The van der Waals surface area contributed by atoms with Crippen LogP contribution in [-0.4, -0.2) is 0 Å². The van der Waals surface area contributed by atoms with Gasteiger partial charge in [-0.1, -0.05) is 74.3 Å². The lowest BCUT2D eigenvalue weighted by Crippen LogP contribution is -1.78. The van der Waals surface area contributed by atoms with E-state index in [1.54, 1.807) is 0 Å². The molecule has 0 N–H and O–H groups in total. The van der Waals surface area contributed by atoms with Crippen molar-refractivity contribution in [1.29, 1.82) is 0 Å². The Balaban J connectivity index is 0.000000180. The Labute approximate surface area is 116 Å². The first-order valence-corrected chi connectivity index (χ1v) is 6.92. The highest BCUT2D eigenvalue weighted by molar-refractivity contribution is 6.30. The van der Waals surface area contributed by atoms with E-state index in [1.807, 2.05) is 18.2 Å². The second kappa shape index (κ2) is 8.77. The van der Waals surface area contributed by atoms with Crippen molar-refractivity contribution < 1.29 is 0 Å². The van der Waals surface area contributed by atoms with E-state index in [0.717, 1.165) is 11.4 Å². The topological polar surface area (TPSA) is 0 Å². The van der Waals surface area contributed by atoms with Gasteiger partial charge in [0, 0.05) is 5.02 Å². The quantitative estimate of drug-likeness (QED) is 0.680. The molecule has 0 saturated carbocycles. The summed E-state index contributed by atoms with van der Waals surface area (Å²) in [7, 11) is 0. The van der Waals surface area contributed by atoms with Gasteiger partial charge in [0.1, 0.15) is 0 Å². The number of hydrogen-bond donors (Lipinski definition) is 0. The van der Waals surface area contributed by atoms with Gasteiger partial charge in [-0.25, -0.2) is 0 Å². The van der Waals surface area contributed by atoms with Gasteiger partial charge in [0.25, 0.3) is 0 Å². The van der Waals surface area contributed by atoms with Crippen LogP contribution in [0.1, 0.15) is 31.4 Å². The molecule has 0 aliphatic carbocycles. The summed E-state index contributed by atoms with van der Waals surface area (Å²) in [6, 6.07) is 18.5. The van der Waals surface area contributed by atoms with Crippen LogP contribution in [0.5, 0.6) is 0 Å². The van der Waals surface area contributed by atoms with E-state index in [9.17, 15) is 0 Å². The molecule has 0 amide bonds. The van der Waals surface area contributed by atoms with Crippen LogP contribution in [-0.2, 0) is 12.8 Å². The number of aryl methyl sites for hydroxylation is 2. The Morgan fingerprint density at radius 2 is 1.50 bits per heavy atom. The summed E-state index contributed by atoms with van der Waals surface area (Å²) in [5.74, 6) is 0. The summed E-state index contributed by atoms with van der Waals surface area (Å²) in [6.07, 6.45) is 3.51. The van der Waals surface area contributed by atoms with E-state index >= 15 is 0 Å². The Morgan fingerprint density at radius 1 is 0.833 bits per heavy atom. The van der Waals surface area contributed by atoms with E-state index in [4.69, 9.17) is 11.6 Å².